The van der Waals surface area contributed by atoms with Crippen molar-refractivity contribution in [2.75, 3.05) is 0 Å². The Kier molecular flexibility index (Phi) is 4.38. The summed E-state index contributed by atoms with van der Waals surface area (Å²) in [6.07, 6.45) is 6.10. The van der Waals surface area contributed by atoms with Crippen molar-refractivity contribution in [3.8, 4) is 0 Å². The second-order valence-corrected chi connectivity index (χ2v) is 5.22. The molecular weight excluding hydrogens is 180 g/mol. The molecular formula is C15H23. The lowest BCUT2D eigenvalue weighted by Gasteiger charge is -2.19. The predicted molar refractivity (Wildman–Crippen MR) is 68.1 cm³/mol. The Balaban J connectivity index is 2.57. The van der Waals surface area contributed by atoms with Crippen LogP contribution in [-0.2, 0) is 5.41 Å². The molecule has 0 spiro atoms. The summed E-state index contributed by atoms with van der Waals surface area (Å²) in [5, 5.41) is 0. The first-order valence-electron chi connectivity index (χ1n) is 5.98. The molecule has 0 nitrogen and oxygen atoms in total. The van der Waals surface area contributed by atoms with Crippen molar-refractivity contribution in [2.24, 2.45) is 0 Å². The summed E-state index contributed by atoms with van der Waals surface area (Å²) in [5.41, 5.74) is 3.04. The van der Waals surface area contributed by atoms with Gasteiger partial charge in [-0.05, 0) is 29.4 Å². The quantitative estimate of drug-likeness (QED) is 0.621. The van der Waals surface area contributed by atoms with E-state index in [0.29, 0.717) is 0 Å². The second-order valence-electron chi connectivity index (χ2n) is 5.22. The van der Waals surface area contributed by atoms with E-state index in [-0.39, 0.29) is 5.41 Å². The van der Waals surface area contributed by atoms with Gasteiger partial charge in [0.1, 0.15) is 0 Å². The molecule has 0 unspecified atom stereocenters. The van der Waals surface area contributed by atoms with Crippen LogP contribution in [0.3, 0.4) is 0 Å². The summed E-state index contributed by atoms with van der Waals surface area (Å²) >= 11 is 0. The van der Waals surface area contributed by atoms with Crippen LogP contribution < -0.4 is 0 Å². The number of benzene rings is 1. The van der Waals surface area contributed by atoms with E-state index in [4.69, 9.17) is 0 Å². The lowest BCUT2D eigenvalue weighted by Crippen LogP contribution is -2.10. The van der Waals surface area contributed by atoms with Gasteiger partial charge in [0.25, 0.3) is 0 Å². The highest BCUT2D eigenvalue weighted by Crippen LogP contribution is 2.22. The van der Waals surface area contributed by atoms with Crippen molar-refractivity contribution in [3.05, 3.63) is 41.8 Å². The molecule has 0 amide bonds. The van der Waals surface area contributed by atoms with Crippen LogP contribution in [0, 0.1) is 6.42 Å². The van der Waals surface area contributed by atoms with Crippen molar-refractivity contribution in [1.82, 2.24) is 0 Å². The average molecular weight is 203 g/mol. The van der Waals surface area contributed by atoms with Gasteiger partial charge in [0.15, 0.2) is 0 Å². The van der Waals surface area contributed by atoms with Gasteiger partial charge in [-0.1, -0.05) is 64.8 Å². The topological polar surface area (TPSA) is 0 Å². The van der Waals surface area contributed by atoms with Crippen LogP contribution in [0.15, 0.2) is 24.3 Å². The van der Waals surface area contributed by atoms with Crippen molar-refractivity contribution >= 4 is 0 Å². The third-order valence-electron chi connectivity index (χ3n) is 2.71. The van der Waals surface area contributed by atoms with Crippen LogP contribution >= 0.6 is 0 Å². The van der Waals surface area contributed by atoms with Crippen LogP contribution in [-0.4, -0.2) is 0 Å². The van der Waals surface area contributed by atoms with E-state index < -0.39 is 0 Å². The van der Waals surface area contributed by atoms with Gasteiger partial charge in [0.05, 0.1) is 0 Å². The molecule has 0 heterocycles. The molecule has 0 bridgehead atoms. The molecule has 0 aromatic heterocycles. The summed E-state index contributed by atoms with van der Waals surface area (Å²) in [6.45, 7) is 8.99. The molecule has 1 radical (unpaired) electrons. The first kappa shape index (κ1) is 12.3. The predicted octanol–water partition coefficient (Wildman–Crippen LogP) is 4.73. The average Bonchev–Trinajstić information content (AvgIpc) is 2.18. The second kappa shape index (κ2) is 5.34. The number of unbranched alkanes of at least 4 members (excludes halogenated alkanes) is 2. The molecule has 83 valence electrons. The number of rotatable bonds is 4. The van der Waals surface area contributed by atoms with Gasteiger partial charge in [-0.15, -0.1) is 0 Å². The zero-order valence-corrected chi connectivity index (χ0v) is 10.5. The minimum Gasteiger partial charge on any atom is -0.0654 e. The zero-order chi connectivity index (χ0) is 11.3. The Labute approximate surface area is 94.7 Å². The van der Waals surface area contributed by atoms with Gasteiger partial charge in [-0.2, -0.15) is 0 Å². The third-order valence-corrected chi connectivity index (χ3v) is 2.71. The highest BCUT2D eigenvalue weighted by molar-refractivity contribution is 5.30. The minimum absolute atomic E-state index is 0.266. The number of hydrogen-bond acceptors (Lipinski definition) is 0. The molecule has 0 aliphatic rings. The molecule has 1 aromatic carbocycles. The van der Waals surface area contributed by atoms with E-state index in [1.807, 2.05) is 0 Å². The highest BCUT2D eigenvalue weighted by atomic mass is 14.2. The van der Waals surface area contributed by atoms with E-state index in [1.54, 1.807) is 0 Å². The molecule has 0 N–H and O–H groups in total. The molecule has 1 rings (SSSR count). The summed E-state index contributed by atoms with van der Waals surface area (Å²) in [4.78, 5) is 0. The van der Waals surface area contributed by atoms with Crippen molar-refractivity contribution in [1.29, 1.82) is 0 Å². The van der Waals surface area contributed by atoms with Crippen molar-refractivity contribution in [2.45, 2.75) is 52.4 Å². The third kappa shape index (κ3) is 4.07. The first-order valence-corrected chi connectivity index (χ1v) is 5.98. The minimum atomic E-state index is 0.266. The van der Waals surface area contributed by atoms with Crippen molar-refractivity contribution < 1.29 is 0 Å². The fourth-order valence-electron chi connectivity index (χ4n) is 1.59. The van der Waals surface area contributed by atoms with E-state index in [0.717, 1.165) is 0 Å². The fraction of sp³-hybridized carbons (Fsp3) is 0.533. The standard InChI is InChI=1S/C15H23/c1-5-6-7-8-13-9-11-14(12-10-13)15(2,3)4/h8-12H,5-7H2,1-4H3. The molecule has 1 aromatic rings. The first-order chi connectivity index (χ1) is 7.04. The Hall–Kier alpha value is -0.780. The Morgan fingerprint density at radius 1 is 1.07 bits per heavy atom. The van der Waals surface area contributed by atoms with Crippen LogP contribution in [0.25, 0.3) is 0 Å². The van der Waals surface area contributed by atoms with E-state index in [9.17, 15) is 0 Å². The van der Waals surface area contributed by atoms with E-state index >= 15 is 0 Å². The lowest BCUT2D eigenvalue weighted by molar-refractivity contribution is 0.590. The molecule has 0 atom stereocenters. The Morgan fingerprint density at radius 3 is 2.13 bits per heavy atom. The summed E-state index contributed by atoms with van der Waals surface area (Å²) in [6, 6.07) is 8.96. The van der Waals surface area contributed by atoms with Crippen LogP contribution in [0.2, 0.25) is 0 Å². The molecule has 0 aliphatic carbocycles. The van der Waals surface area contributed by atoms with Gasteiger partial charge in [0.2, 0.25) is 0 Å². The highest BCUT2D eigenvalue weighted by Gasteiger charge is 2.12. The maximum absolute atomic E-state index is 2.33. The van der Waals surface area contributed by atoms with Gasteiger partial charge >= 0.3 is 0 Å². The van der Waals surface area contributed by atoms with E-state index in [2.05, 4.69) is 58.4 Å². The molecule has 0 heteroatoms. The lowest BCUT2D eigenvalue weighted by atomic mass is 9.86. The molecule has 15 heavy (non-hydrogen) atoms. The molecule has 0 aliphatic heterocycles. The van der Waals surface area contributed by atoms with Gasteiger partial charge in [-0.25, -0.2) is 0 Å². The number of hydrogen-bond donors (Lipinski definition) is 0. The fourth-order valence-corrected chi connectivity index (χ4v) is 1.59. The molecule has 0 fully saturated rings. The molecule has 0 saturated heterocycles. The Bertz CT molecular complexity index is 274. The molecule has 0 saturated carbocycles. The largest absolute Gasteiger partial charge is 0.0654 e. The summed E-state index contributed by atoms with van der Waals surface area (Å²) in [5.74, 6) is 0. The Morgan fingerprint density at radius 2 is 1.67 bits per heavy atom. The summed E-state index contributed by atoms with van der Waals surface area (Å²) < 4.78 is 0. The maximum atomic E-state index is 2.33. The van der Waals surface area contributed by atoms with Crippen LogP contribution in [0.5, 0.6) is 0 Å². The maximum Gasteiger partial charge on any atom is -0.00931 e. The van der Waals surface area contributed by atoms with Crippen LogP contribution in [0.4, 0.5) is 0 Å². The SMILES string of the molecule is CCCC[CH]c1ccc(C(C)(C)C)cc1. The summed E-state index contributed by atoms with van der Waals surface area (Å²) in [7, 11) is 0. The van der Waals surface area contributed by atoms with Crippen molar-refractivity contribution in [3.63, 3.8) is 0 Å². The van der Waals surface area contributed by atoms with Gasteiger partial charge in [-0.3, -0.25) is 0 Å². The van der Waals surface area contributed by atoms with Gasteiger partial charge < -0.3 is 0 Å². The monoisotopic (exact) mass is 203 g/mol. The normalized spacial score (nSPS) is 11.7. The van der Waals surface area contributed by atoms with E-state index in [1.165, 1.54) is 30.4 Å². The zero-order valence-electron chi connectivity index (χ0n) is 10.5. The van der Waals surface area contributed by atoms with Gasteiger partial charge in [0, 0.05) is 0 Å². The van der Waals surface area contributed by atoms with Crippen LogP contribution in [0.1, 0.15) is 58.1 Å². The smallest absolute Gasteiger partial charge is 0.00931 e.